The normalized spacial score (nSPS) is 22.5. The summed E-state index contributed by atoms with van der Waals surface area (Å²) in [6, 6.07) is 0. The highest BCUT2D eigenvalue weighted by atomic mass is 16.5. The molecule has 308 valence electrons. The van der Waals surface area contributed by atoms with Crippen molar-refractivity contribution in [2.45, 2.75) is 140 Å². The van der Waals surface area contributed by atoms with Crippen molar-refractivity contribution in [3.05, 3.63) is 126 Å². The van der Waals surface area contributed by atoms with E-state index in [1.165, 1.54) is 16.7 Å². The van der Waals surface area contributed by atoms with Crippen molar-refractivity contribution in [3.63, 3.8) is 0 Å². The summed E-state index contributed by atoms with van der Waals surface area (Å²) in [6.45, 7) is 23.3. The third-order valence-electron chi connectivity index (χ3n) is 12.6. The summed E-state index contributed by atoms with van der Waals surface area (Å²) in [5.74, 6) is 0.0687. The molecule has 6 aliphatic rings. The van der Waals surface area contributed by atoms with Gasteiger partial charge in [-0.2, -0.15) is 0 Å². The molecule has 58 heavy (non-hydrogen) atoms. The lowest BCUT2D eigenvalue weighted by atomic mass is 9.85. The molecule has 1 saturated heterocycles. The standard InChI is InChI=1S/C50H64N4O4/c1-12-35-30(7)39-25-42-45(34(11)55)32(9)48(53-42)33(10)47-31(8)37(20-21-44(57)58-23-22-29(6)19-15-18-28(5)17-14-16-27(3)4)49(54-47)38-24-43(56)46-36(13-2)41(52-50(38)46)26-40(35)51-39/h16,18,22,25-26,31,34,37,54-56H,12-15,17,19-21,23-24H2,1-11H3/b28-18+,29-22+,40-26?,42-25?,47-33?,49-38?/t31-,34?,37-/m0/s1. The van der Waals surface area contributed by atoms with E-state index in [0.29, 0.717) is 25.0 Å². The maximum atomic E-state index is 13.3. The highest BCUT2D eigenvalue weighted by Gasteiger charge is 2.42. The lowest BCUT2D eigenvalue weighted by Gasteiger charge is -2.18. The predicted molar refractivity (Wildman–Crippen MR) is 239 cm³/mol. The molecule has 0 aromatic rings. The molecule has 3 atom stereocenters. The fourth-order valence-corrected chi connectivity index (χ4v) is 9.28. The predicted octanol–water partition coefficient (Wildman–Crippen LogP) is 11.6. The monoisotopic (exact) mass is 784 g/mol. The molecule has 1 aliphatic carbocycles. The number of nitrogens with one attached hydrogen (secondary N) is 1. The molecule has 1 unspecified atom stereocenters. The van der Waals surface area contributed by atoms with E-state index in [-0.39, 0.29) is 30.8 Å². The Bertz CT molecular complexity index is 2230. The number of carbonyl (C=O) groups is 1. The van der Waals surface area contributed by atoms with Gasteiger partial charge in [-0.05, 0) is 146 Å². The average molecular weight is 785 g/mol. The van der Waals surface area contributed by atoms with E-state index < -0.39 is 6.10 Å². The number of nitrogens with zero attached hydrogens (tertiary/aromatic N) is 3. The number of carbonyl (C=O) groups excluding carboxylic acids is 1. The van der Waals surface area contributed by atoms with Gasteiger partial charge in [0.2, 0.25) is 0 Å². The van der Waals surface area contributed by atoms with Gasteiger partial charge in [0, 0.05) is 52.8 Å². The Morgan fingerprint density at radius 2 is 1.55 bits per heavy atom. The maximum Gasteiger partial charge on any atom is 0.306 e. The van der Waals surface area contributed by atoms with Gasteiger partial charge in [-0.25, -0.2) is 15.0 Å². The summed E-state index contributed by atoms with van der Waals surface area (Å²) in [4.78, 5) is 28.9. The van der Waals surface area contributed by atoms with E-state index in [1.807, 2.05) is 19.1 Å². The number of fused-ring (bicyclic) bond motifs is 5. The highest BCUT2D eigenvalue weighted by Crippen LogP contribution is 2.48. The average Bonchev–Trinajstić information content (AvgIpc) is 3.94. The number of ether oxygens (including phenoxy) is 1. The summed E-state index contributed by atoms with van der Waals surface area (Å²) in [5.41, 5.74) is 18.7. The highest BCUT2D eigenvalue weighted by molar-refractivity contribution is 6.21. The van der Waals surface area contributed by atoms with E-state index in [0.717, 1.165) is 122 Å². The SMILES string of the molecule is CCC1=C2C=C3N=C(C=C4N=C(C(C)=C4C(C)O)C(C)=C4NC(=C5CC(O)=C1C5=N2)[C@@H](CCC(=O)OC/C=C(\C)CC/C=C(\C)CCC=C(C)C)[C@@H]4C)C(C)=C3CC. The van der Waals surface area contributed by atoms with Gasteiger partial charge in [-0.15, -0.1) is 0 Å². The van der Waals surface area contributed by atoms with Crippen LogP contribution in [0.1, 0.15) is 134 Å². The van der Waals surface area contributed by atoms with Crippen LogP contribution in [-0.4, -0.2) is 46.0 Å². The second kappa shape index (κ2) is 18.0. The number of aliphatic imine (C=N–C) groups is 3. The summed E-state index contributed by atoms with van der Waals surface area (Å²) in [5, 5.41) is 26.5. The van der Waals surface area contributed by atoms with Crippen molar-refractivity contribution in [1.82, 2.24) is 5.32 Å². The second-order valence-electron chi connectivity index (χ2n) is 17.0. The van der Waals surface area contributed by atoms with Gasteiger partial charge in [0.15, 0.2) is 0 Å². The first-order valence-electron chi connectivity index (χ1n) is 21.4. The third-order valence-corrected chi connectivity index (χ3v) is 12.6. The zero-order chi connectivity index (χ0) is 42.0. The molecular weight excluding hydrogens is 721 g/mol. The molecule has 0 aromatic carbocycles. The van der Waals surface area contributed by atoms with Crippen LogP contribution in [0.3, 0.4) is 0 Å². The van der Waals surface area contributed by atoms with E-state index in [9.17, 15) is 15.0 Å². The largest absolute Gasteiger partial charge is 0.511 e. The Morgan fingerprint density at radius 1 is 0.862 bits per heavy atom. The van der Waals surface area contributed by atoms with E-state index in [2.05, 4.69) is 85.9 Å². The van der Waals surface area contributed by atoms with Gasteiger partial charge in [0.05, 0.1) is 40.3 Å². The molecule has 8 bridgehead atoms. The molecule has 1 fully saturated rings. The first-order chi connectivity index (χ1) is 27.6. The number of allylic oxidation sites excluding steroid dienone is 16. The van der Waals surface area contributed by atoms with E-state index in [1.54, 1.807) is 6.92 Å². The van der Waals surface area contributed by atoms with Crippen LogP contribution < -0.4 is 5.32 Å². The fraction of sp³-hybridized carbons (Fsp3) is 0.480. The molecule has 5 heterocycles. The third kappa shape index (κ3) is 8.63. The van der Waals surface area contributed by atoms with E-state index >= 15 is 0 Å². The fourth-order valence-electron chi connectivity index (χ4n) is 9.28. The minimum atomic E-state index is -0.721. The van der Waals surface area contributed by atoms with Crippen molar-refractivity contribution in [2.75, 3.05) is 6.61 Å². The van der Waals surface area contributed by atoms with Crippen LogP contribution in [0.4, 0.5) is 0 Å². The lowest BCUT2D eigenvalue weighted by molar-refractivity contribution is -0.142. The molecule has 0 saturated carbocycles. The lowest BCUT2D eigenvalue weighted by Crippen LogP contribution is -2.16. The van der Waals surface area contributed by atoms with E-state index in [4.69, 9.17) is 19.7 Å². The van der Waals surface area contributed by atoms with Crippen LogP contribution >= 0.6 is 0 Å². The Kier molecular flexibility index (Phi) is 13.3. The van der Waals surface area contributed by atoms with Gasteiger partial charge < -0.3 is 20.3 Å². The Balaban J connectivity index is 1.30. The smallest absolute Gasteiger partial charge is 0.306 e. The van der Waals surface area contributed by atoms with Crippen molar-refractivity contribution in [2.24, 2.45) is 26.8 Å². The molecule has 0 amide bonds. The first-order valence-corrected chi connectivity index (χ1v) is 21.4. The number of esters is 1. The van der Waals surface area contributed by atoms with Gasteiger partial charge in [0.1, 0.15) is 12.4 Å². The maximum absolute atomic E-state index is 13.3. The molecule has 8 nitrogen and oxygen atoms in total. The van der Waals surface area contributed by atoms with Gasteiger partial charge in [-0.3, -0.25) is 4.79 Å². The van der Waals surface area contributed by atoms with Crippen LogP contribution in [0.5, 0.6) is 0 Å². The molecule has 5 aliphatic heterocycles. The molecular formula is C50H64N4O4. The number of aliphatic hydroxyl groups excluding tert-OH is 2. The summed E-state index contributed by atoms with van der Waals surface area (Å²) in [6.07, 6.45) is 16.8. The Morgan fingerprint density at radius 3 is 2.22 bits per heavy atom. The Labute approximate surface area is 346 Å². The molecule has 0 aromatic heterocycles. The summed E-state index contributed by atoms with van der Waals surface area (Å²) in [7, 11) is 0. The molecule has 6 rings (SSSR count). The zero-order valence-corrected chi connectivity index (χ0v) is 36.7. The minimum absolute atomic E-state index is 0.0104. The Hall–Kier alpha value is -4.82. The topological polar surface area (TPSA) is 116 Å². The van der Waals surface area contributed by atoms with Gasteiger partial charge in [-0.1, -0.05) is 49.6 Å². The van der Waals surface area contributed by atoms with Crippen molar-refractivity contribution in [1.29, 1.82) is 0 Å². The van der Waals surface area contributed by atoms with Gasteiger partial charge >= 0.3 is 5.97 Å². The number of rotatable bonds is 14. The first kappa shape index (κ1) is 42.8. The molecule has 0 spiro atoms. The second-order valence-corrected chi connectivity index (χ2v) is 17.0. The zero-order valence-electron chi connectivity index (χ0n) is 36.7. The molecule has 8 heteroatoms. The van der Waals surface area contributed by atoms with Crippen molar-refractivity contribution >= 4 is 23.1 Å². The van der Waals surface area contributed by atoms with Crippen LogP contribution in [0.2, 0.25) is 0 Å². The van der Waals surface area contributed by atoms with Crippen molar-refractivity contribution in [3.8, 4) is 0 Å². The number of aliphatic hydroxyl groups is 2. The number of hydrogen-bond acceptors (Lipinski definition) is 8. The van der Waals surface area contributed by atoms with Crippen molar-refractivity contribution < 1.29 is 19.7 Å². The van der Waals surface area contributed by atoms with Crippen LogP contribution in [-0.2, 0) is 9.53 Å². The van der Waals surface area contributed by atoms with Gasteiger partial charge in [0.25, 0.3) is 0 Å². The van der Waals surface area contributed by atoms with Crippen LogP contribution in [0, 0.1) is 11.8 Å². The van der Waals surface area contributed by atoms with Crippen LogP contribution in [0.15, 0.2) is 141 Å². The molecule has 0 radical (unpaired) electrons. The minimum Gasteiger partial charge on any atom is -0.511 e. The summed E-state index contributed by atoms with van der Waals surface area (Å²) < 4.78 is 5.77. The van der Waals surface area contributed by atoms with Crippen LogP contribution in [0.25, 0.3) is 0 Å². The molecule has 3 N–H and O–H groups in total. The number of hydrogen-bond donors (Lipinski definition) is 3. The summed E-state index contributed by atoms with van der Waals surface area (Å²) >= 11 is 0. The quantitative estimate of drug-likeness (QED) is 0.120.